The van der Waals surface area contributed by atoms with E-state index >= 15 is 0 Å². The highest BCUT2D eigenvalue weighted by Gasteiger charge is 2.26. The summed E-state index contributed by atoms with van der Waals surface area (Å²) in [7, 11) is 0. The average Bonchev–Trinajstić information content (AvgIpc) is 2.49. The van der Waals surface area contributed by atoms with Crippen molar-refractivity contribution < 1.29 is 14.3 Å². The first-order valence-electron chi connectivity index (χ1n) is 4.73. The Hall–Kier alpha value is -1.58. The molecule has 0 radical (unpaired) electrons. The van der Waals surface area contributed by atoms with Crippen LogP contribution in [0.4, 0.5) is 4.79 Å². The van der Waals surface area contributed by atoms with Gasteiger partial charge in [-0.05, 0) is 39.8 Å². The molecule has 0 spiro atoms. The molecule has 0 atom stereocenters. The molecule has 0 unspecified atom stereocenters. The van der Waals surface area contributed by atoms with Gasteiger partial charge in [0.25, 0.3) is 0 Å². The molecule has 0 saturated heterocycles. The van der Waals surface area contributed by atoms with Crippen molar-refractivity contribution in [2.24, 2.45) is 5.41 Å². The molecule has 0 bridgehead atoms. The summed E-state index contributed by atoms with van der Waals surface area (Å²) in [5.74, 6) is -0.527. The number of carbonyl (C=O) groups excluding carboxylic acids is 2. The summed E-state index contributed by atoms with van der Waals surface area (Å²) in [5.41, 5.74) is 0.0678. The molecular weight excluding hydrogens is 194 g/mol. The molecule has 15 heavy (non-hydrogen) atoms. The van der Waals surface area contributed by atoms with Gasteiger partial charge in [-0.25, -0.2) is 4.79 Å². The lowest BCUT2D eigenvalue weighted by molar-refractivity contribution is -0.146. The van der Waals surface area contributed by atoms with Gasteiger partial charge in [-0.2, -0.15) is 0 Å². The van der Waals surface area contributed by atoms with Crippen molar-refractivity contribution in [1.29, 1.82) is 0 Å². The fraction of sp³-hybridized carbons (Fsp3) is 0.455. The van der Waals surface area contributed by atoms with E-state index in [4.69, 9.17) is 4.74 Å². The van der Waals surface area contributed by atoms with Crippen LogP contribution in [-0.2, 0) is 9.53 Å². The van der Waals surface area contributed by atoms with E-state index in [9.17, 15) is 9.59 Å². The number of ether oxygens (including phenoxy) is 1. The van der Waals surface area contributed by atoms with Crippen LogP contribution in [0.15, 0.2) is 18.3 Å². The summed E-state index contributed by atoms with van der Waals surface area (Å²) in [6.07, 6.45) is 0.908. The average molecular weight is 209 g/mol. The monoisotopic (exact) mass is 209 g/mol. The molecule has 0 fully saturated rings. The van der Waals surface area contributed by atoms with Gasteiger partial charge in [0.2, 0.25) is 0 Å². The second kappa shape index (κ2) is 3.88. The number of esters is 1. The lowest BCUT2D eigenvalue weighted by atomic mass is 9.98. The van der Waals surface area contributed by atoms with E-state index in [1.165, 1.54) is 4.57 Å². The zero-order valence-electron chi connectivity index (χ0n) is 9.40. The molecule has 1 aromatic rings. The summed E-state index contributed by atoms with van der Waals surface area (Å²) in [4.78, 5) is 22.9. The topological polar surface area (TPSA) is 48.3 Å². The lowest BCUT2D eigenvalue weighted by Crippen LogP contribution is -2.28. The zero-order chi connectivity index (χ0) is 11.6. The Kier molecular flexibility index (Phi) is 2.98. The molecule has 0 amide bonds. The van der Waals surface area contributed by atoms with Gasteiger partial charge in [-0.15, -0.1) is 0 Å². The Morgan fingerprint density at radius 3 is 2.33 bits per heavy atom. The molecule has 0 aromatic carbocycles. The van der Waals surface area contributed by atoms with Gasteiger partial charge in [0.15, 0.2) is 0 Å². The third-order valence-corrected chi connectivity index (χ3v) is 1.94. The van der Waals surface area contributed by atoms with Crippen molar-refractivity contribution in [3.63, 3.8) is 0 Å². The van der Waals surface area contributed by atoms with Crippen molar-refractivity contribution in [1.82, 2.24) is 4.57 Å². The normalized spacial score (nSPS) is 11.2. The number of aromatic nitrogens is 1. The van der Waals surface area contributed by atoms with Crippen LogP contribution in [0.2, 0.25) is 0 Å². The molecule has 0 aliphatic heterocycles. The lowest BCUT2D eigenvalue weighted by Gasteiger charge is -2.15. The molecule has 1 heterocycles. The molecular formula is C11H15NO3. The highest BCUT2D eigenvalue weighted by atomic mass is 16.6. The first-order chi connectivity index (χ1) is 6.82. The van der Waals surface area contributed by atoms with Gasteiger partial charge in [-0.1, -0.05) is 0 Å². The maximum absolute atomic E-state index is 11.5. The minimum absolute atomic E-state index is 0.527. The van der Waals surface area contributed by atoms with Crippen molar-refractivity contribution in [2.75, 3.05) is 0 Å². The molecule has 4 nitrogen and oxygen atoms in total. The predicted octanol–water partition coefficient (Wildman–Crippen LogP) is 2.35. The maximum atomic E-state index is 11.5. The Balaban J connectivity index is 2.74. The molecule has 4 heteroatoms. The van der Waals surface area contributed by atoms with Crippen LogP contribution >= 0.6 is 0 Å². The molecule has 0 aliphatic carbocycles. The third-order valence-electron chi connectivity index (χ3n) is 1.94. The van der Waals surface area contributed by atoms with E-state index in [0.29, 0.717) is 0 Å². The SMILES string of the molecule is Cc1cccn1C(=O)OC(=O)C(C)(C)C. The number of aryl methyl sites for hydroxylation is 1. The molecule has 0 N–H and O–H groups in total. The number of nitrogens with zero attached hydrogens (tertiary/aromatic N) is 1. The van der Waals surface area contributed by atoms with Gasteiger partial charge in [0.05, 0.1) is 5.41 Å². The number of hydrogen-bond donors (Lipinski definition) is 0. The second-order valence-corrected chi connectivity index (χ2v) is 4.42. The summed E-state index contributed by atoms with van der Waals surface area (Å²) >= 11 is 0. The smallest absolute Gasteiger partial charge is 0.375 e. The zero-order valence-corrected chi connectivity index (χ0v) is 9.40. The van der Waals surface area contributed by atoms with Crippen LogP contribution in [0.3, 0.4) is 0 Å². The van der Waals surface area contributed by atoms with E-state index in [1.807, 2.05) is 0 Å². The van der Waals surface area contributed by atoms with Crippen LogP contribution in [-0.4, -0.2) is 16.6 Å². The maximum Gasteiger partial charge on any atom is 0.425 e. The summed E-state index contributed by atoms with van der Waals surface area (Å²) in [5, 5.41) is 0. The van der Waals surface area contributed by atoms with Gasteiger partial charge >= 0.3 is 12.1 Å². The fourth-order valence-electron chi connectivity index (χ4n) is 0.953. The third kappa shape index (κ3) is 2.68. The summed E-state index contributed by atoms with van der Waals surface area (Å²) < 4.78 is 6.02. The Morgan fingerprint density at radius 2 is 1.93 bits per heavy atom. The van der Waals surface area contributed by atoms with Crippen LogP contribution in [0.1, 0.15) is 26.5 Å². The van der Waals surface area contributed by atoms with E-state index in [0.717, 1.165) is 5.69 Å². The minimum Gasteiger partial charge on any atom is -0.375 e. The highest BCUT2D eigenvalue weighted by molar-refractivity contribution is 5.88. The van der Waals surface area contributed by atoms with E-state index in [1.54, 1.807) is 46.0 Å². The Labute approximate surface area is 88.8 Å². The van der Waals surface area contributed by atoms with Gasteiger partial charge in [0, 0.05) is 11.9 Å². The number of carbonyl (C=O) groups is 2. The minimum atomic E-state index is -0.670. The van der Waals surface area contributed by atoms with Crippen molar-refractivity contribution in [3.8, 4) is 0 Å². The fourth-order valence-corrected chi connectivity index (χ4v) is 0.953. The quantitative estimate of drug-likeness (QED) is 0.486. The van der Waals surface area contributed by atoms with Gasteiger partial charge in [0.1, 0.15) is 0 Å². The van der Waals surface area contributed by atoms with Gasteiger partial charge in [-0.3, -0.25) is 9.36 Å². The standard InChI is InChI=1S/C11H15NO3/c1-8-6-5-7-12(8)10(14)15-9(13)11(2,3)4/h5-7H,1-4H3. The Morgan fingerprint density at radius 1 is 1.33 bits per heavy atom. The first-order valence-corrected chi connectivity index (χ1v) is 4.73. The van der Waals surface area contributed by atoms with Crippen molar-refractivity contribution in [2.45, 2.75) is 27.7 Å². The van der Waals surface area contributed by atoms with E-state index in [2.05, 4.69) is 0 Å². The summed E-state index contributed by atoms with van der Waals surface area (Å²) in [6.45, 7) is 6.87. The number of hydrogen-bond acceptors (Lipinski definition) is 3. The van der Waals surface area contributed by atoms with E-state index < -0.39 is 17.5 Å². The second-order valence-electron chi connectivity index (χ2n) is 4.42. The summed E-state index contributed by atoms with van der Waals surface area (Å²) in [6, 6.07) is 3.49. The Bertz CT molecular complexity index is 385. The van der Waals surface area contributed by atoms with Gasteiger partial charge < -0.3 is 4.74 Å². The van der Waals surface area contributed by atoms with Crippen LogP contribution in [0.25, 0.3) is 0 Å². The highest BCUT2D eigenvalue weighted by Crippen LogP contribution is 2.16. The van der Waals surface area contributed by atoms with Crippen LogP contribution in [0, 0.1) is 12.3 Å². The molecule has 1 aromatic heterocycles. The number of rotatable bonds is 0. The largest absolute Gasteiger partial charge is 0.425 e. The van der Waals surface area contributed by atoms with Crippen molar-refractivity contribution in [3.05, 3.63) is 24.0 Å². The molecule has 0 aliphatic rings. The molecule has 1 rings (SSSR count). The van der Waals surface area contributed by atoms with E-state index in [-0.39, 0.29) is 0 Å². The van der Waals surface area contributed by atoms with Crippen molar-refractivity contribution >= 4 is 12.1 Å². The molecule has 82 valence electrons. The van der Waals surface area contributed by atoms with Crippen LogP contribution in [0.5, 0.6) is 0 Å². The molecule has 0 saturated carbocycles. The van der Waals surface area contributed by atoms with Crippen LogP contribution < -0.4 is 0 Å². The first kappa shape index (κ1) is 11.5. The predicted molar refractivity (Wildman–Crippen MR) is 55.5 cm³/mol.